The Bertz CT molecular complexity index is 1120. The van der Waals surface area contributed by atoms with E-state index in [0.717, 1.165) is 17.0 Å². The van der Waals surface area contributed by atoms with E-state index in [0.29, 0.717) is 56.3 Å². The third-order valence-electron chi connectivity index (χ3n) is 5.92. The highest BCUT2D eigenvalue weighted by Crippen LogP contribution is 2.30. The number of thiazole rings is 1. The molecular weight excluding hydrogens is 464 g/mol. The van der Waals surface area contributed by atoms with Gasteiger partial charge in [-0.3, -0.25) is 14.9 Å². The smallest absolute Gasteiger partial charge is 0.255 e. The van der Waals surface area contributed by atoms with Crippen LogP contribution in [-0.4, -0.2) is 66.8 Å². The van der Waals surface area contributed by atoms with Crippen molar-refractivity contribution in [1.29, 1.82) is 0 Å². The molecule has 2 aliphatic rings. The molecule has 9 nitrogen and oxygen atoms in total. The standard InChI is InChI=1S/C22H28N4O5S2/c1-3-26(4-2)33(29,30)16-9-7-15(8-10-16)21(28)25-12-11-17-19(14-25)32-22(23-17)24-20(27)18-6-5-13-31-18/h7-10,18H,3-6,11-14H2,1-2H3,(H,23,24,27). The Labute approximate surface area is 197 Å². The van der Waals surface area contributed by atoms with Gasteiger partial charge in [-0.25, -0.2) is 13.4 Å². The lowest BCUT2D eigenvalue weighted by molar-refractivity contribution is -0.124. The lowest BCUT2D eigenvalue weighted by Gasteiger charge is -2.26. The second-order valence-electron chi connectivity index (χ2n) is 7.97. The van der Waals surface area contributed by atoms with Crippen LogP contribution >= 0.6 is 11.3 Å². The van der Waals surface area contributed by atoms with Gasteiger partial charge in [0, 0.05) is 43.1 Å². The van der Waals surface area contributed by atoms with Crippen LogP contribution in [0.3, 0.4) is 0 Å². The minimum Gasteiger partial charge on any atom is -0.368 e. The van der Waals surface area contributed by atoms with Crippen molar-refractivity contribution in [1.82, 2.24) is 14.2 Å². The molecule has 1 aromatic carbocycles. The van der Waals surface area contributed by atoms with E-state index in [1.54, 1.807) is 30.9 Å². The monoisotopic (exact) mass is 492 g/mol. The third-order valence-corrected chi connectivity index (χ3v) is 8.98. The van der Waals surface area contributed by atoms with E-state index >= 15 is 0 Å². The van der Waals surface area contributed by atoms with Crippen LogP contribution in [0.4, 0.5) is 5.13 Å². The van der Waals surface area contributed by atoms with E-state index in [4.69, 9.17) is 4.74 Å². The molecule has 178 valence electrons. The number of sulfonamides is 1. The lowest BCUT2D eigenvalue weighted by Crippen LogP contribution is -2.35. The van der Waals surface area contributed by atoms with Gasteiger partial charge in [-0.15, -0.1) is 0 Å². The molecule has 1 atom stereocenters. The van der Waals surface area contributed by atoms with Gasteiger partial charge in [-0.05, 0) is 37.1 Å². The highest BCUT2D eigenvalue weighted by Gasteiger charge is 2.28. The number of rotatable bonds is 7. The highest BCUT2D eigenvalue weighted by atomic mass is 32.2. The molecule has 0 bridgehead atoms. The normalized spacial score (nSPS) is 18.4. The van der Waals surface area contributed by atoms with Gasteiger partial charge in [-0.1, -0.05) is 25.2 Å². The molecule has 2 aliphatic heterocycles. The number of amides is 2. The van der Waals surface area contributed by atoms with E-state index in [2.05, 4.69) is 10.3 Å². The van der Waals surface area contributed by atoms with Crippen LogP contribution < -0.4 is 5.32 Å². The summed E-state index contributed by atoms with van der Waals surface area (Å²) in [6, 6.07) is 6.10. The number of aromatic nitrogens is 1. The van der Waals surface area contributed by atoms with Crippen molar-refractivity contribution < 1.29 is 22.7 Å². The first-order valence-electron chi connectivity index (χ1n) is 11.1. The maximum Gasteiger partial charge on any atom is 0.255 e. The molecule has 0 saturated carbocycles. The molecule has 0 aliphatic carbocycles. The van der Waals surface area contributed by atoms with E-state index < -0.39 is 16.1 Å². The van der Waals surface area contributed by atoms with E-state index in [1.807, 2.05) is 0 Å². The summed E-state index contributed by atoms with van der Waals surface area (Å²) in [5.41, 5.74) is 1.33. The van der Waals surface area contributed by atoms with Crippen LogP contribution in [0.2, 0.25) is 0 Å². The number of hydrogen-bond donors (Lipinski definition) is 1. The SMILES string of the molecule is CCN(CC)S(=O)(=O)c1ccc(C(=O)N2CCc3nc(NC(=O)C4CCCO4)sc3C2)cc1. The number of nitrogens with one attached hydrogen (secondary N) is 1. The molecule has 1 saturated heterocycles. The molecular formula is C22H28N4O5S2. The number of benzene rings is 1. The molecule has 2 aromatic rings. The third kappa shape index (κ3) is 4.96. The highest BCUT2D eigenvalue weighted by molar-refractivity contribution is 7.89. The number of fused-ring (bicyclic) bond motifs is 1. The van der Waals surface area contributed by atoms with Crippen LogP contribution in [0.5, 0.6) is 0 Å². The maximum absolute atomic E-state index is 13.0. The van der Waals surface area contributed by atoms with Crippen LogP contribution in [0.1, 0.15) is 47.6 Å². The average molecular weight is 493 g/mol. The zero-order valence-corrected chi connectivity index (χ0v) is 20.4. The van der Waals surface area contributed by atoms with Crippen molar-refractivity contribution in [2.45, 2.75) is 50.7 Å². The van der Waals surface area contributed by atoms with Gasteiger partial charge in [0.1, 0.15) is 6.10 Å². The first-order chi connectivity index (χ1) is 15.8. The first kappa shape index (κ1) is 23.8. The first-order valence-corrected chi connectivity index (χ1v) is 13.4. The Balaban J connectivity index is 1.42. The number of anilines is 1. The molecule has 3 heterocycles. The predicted molar refractivity (Wildman–Crippen MR) is 125 cm³/mol. The number of hydrogen-bond acceptors (Lipinski definition) is 7. The number of ether oxygens (including phenoxy) is 1. The van der Waals surface area contributed by atoms with Crippen molar-refractivity contribution in [2.24, 2.45) is 0 Å². The summed E-state index contributed by atoms with van der Waals surface area (Å²) in [6.45, 7) is 5.88. The summed E-state index contributed by atoms with van der Waals surface area (Å²) >= 11 is 1.38. The predicted octanol–water partition coefficient (Wildman–Crippen LogP) is 2.49. The topological polar surface area (TPSA) is 109 Å². The average Bonchev–Trinajstić information content (AvgIpc) is 3.48. The molecule has 4 rings (SSSR count). The van der Waals surface area contributed by atoms with Gasteiger partial charge in [0.2, 0.25) is 10.0 Å². The molecule has 1 fully saturated rings. The van der Waals surface area contributed by atoms with Gasteiger partial charge in [0.15, 0.2) is 5.13 Å². The van der Waals surface area contributed by atoms with Crippen molar-refractivity contribution in [3.63, 3.8) is 0 Å². The molecule has 11 heteroatoms. The maximum atomic E-state index is 13.0. The molecule has 0 radical (unpaired) electrons. The Kier molecular flexibility index (Phi) is 7.13. The minimum atomic E-state index is -3.56. The second-order valence-corrected chi connectivity index (χ2v) is 11.0. The fraction of sp³-hybridized carbons (Fsp3) is 0.500. The number of carbonyl (C=O) groups is 2. The van der Waals surface area contributed by atoms with Gasteiger partial charge in [0.25, 0.3) is 11.8 Å². The summed E-state index contributed by atoms with van der Waals surface area (Å²) in [5.74, 6) is -0.336. The fourth-order valence-electron chi connectivity index (χ4n) is 4.06. The van der Waals surface area contributed by atoms with Gasteiger partial charge in [0.05, 0.1) is 17.1 Å². The van der Waals surface area contributed by atoms with Gasteiger partial charge < -0.3 is 9.64 Å². The van der Waals surface area contributed by atoms with Crippen molar-refractivity contribution in [3.05, 3.63) is 40.4 Å². The van der Waals surface area contributed by atoms with E-state index in [-0.39, 0.29) is 16.7 Å². The van der Waals surface area contributed by atoms with Crippen LogP contribution in [-0.2, 0) is 32.5 Å². The molecule has 1 unspecified atom stereocenters. The van der Waals surface area contributed by atoms with E-state index in [1.165, 1.54) is 27.8 Å². The molecule has 1 aromatic heterocycles. The summed E-state index contributed by atoms with van der Waals surface area (Å²) < 4.78 is 32.1. The zero-order chi connectivity index (χ0) is 23.6. The molecule has 0 spiro atoms. The second kappa shape index (κ2) is 9.88. The van der Waals surface area contributed by atoms with Crippen LogP contribution in [0.15, 0.2) is 29.2 Å². The summed E-state index contributed by atoms with van der Waals surface area (Å²) in [6.07, 6.45) is 1.78. The van der Waals surface area contributed by atoms with Crippen LogP contribution in [0, 0.1) is 0 Å². The van der Waals surface area contributed by atoms with Gasteiger partial charge >= 0.3 is 0 Å². The van der Waals surface area contributed by atoms with Crippen molar-refractivity contribution in [3.8, 4) is 0 Å². The Hall–Kier alpha value is -2.34. The largest absolute Gasteiger partial charge is 0.368 e. The number of carbonyl (C=O) groups excluding carboxylic acids is 2. The zero-order valence-electron chi connectivity index (χ0n) is 18.7. The Morgan fingerprint density at radius 3 is 2.61 bits per heavy atom. The lowest BCUT2D eigenvalue weighted by atomic mass is 10.1. The molecule has 2 amide bonds. The van der Waals surface area contributed by atoms with Crippen molar-refractivity contribution >= 4 is 38.3 Å². The fourth-order valence-corrected chi connectivity index (χ4v) is 6.54. The summed E-state index contributed by atoms with van der Waals surface area (Å²) in [7, 11) is -3.56. The molecule has 33 heavy (non-hydrogen) atoms. The quantitative estimate of drug-likeness (QED) is 0.636. The summed E-state index contributed by atoms with van der Waals surface area (Å²) in [5, 5.41) is 3.36. The Morgan fingerprint density at radius 1 is 1.24 bits per heavy atom. The minimum absolute atomic E-state index is 0.161. The van der Waals surface area contributed by atoms with E-state index in [9.17, 15) is 18.0 Å². The summed E-state index contributed by atoms with van der Waals surface area (Å²) in [4.78, 5) is 32.7. The van der Waals surface area contributed by atoms with Crippen LogP contribution in [0.25, 0.3) is 0 Å². The van der Waals surface area contributed by atoms with Gasteiger partial charge in [-0.2, -0.15) is 4.31 Å². The molecule has 1 N–H and O–H groups in total. The van der Waals surface area contributed by atoms with Crippen molar-refractivity contribution in [2.75, 3.05) is 31.6 Å². The Morgan fingerprint density at radius 2 is 1.97 bits per heavy atom. The number of nitrogens with zero attached hydrogens (tertiary/aromatic N) is 3.